The summed E-state index contributed by atoms with van der Waals surface area (Å²) in [6, 6.07) is 17.1. The van der Waals surface area contributed by atoms with Crippen LogP contribution in [-0.2, 0) is 11.3 Å². The van der Waals surface area contributed by atoms with Crippen LogP contribution in [0.25, 0.3) is 0 Å². The first-order valence-corrected chi connectivity index (χ1v) is 11.9. The van der Waals surface area contributed by atoms with Crippen molar-refractivity contribution in [1.82, 2.24) is 15.1 Å². The predicted octanol–water partition coefficient (Wildman–Crippen LogP) is 3.72. The molecule has 4 rings (SSSR count). The van der Waals surface area contributed by atoms with Gasteiger partial charge in [0.15, 0.2) is 0 Å². The molecule has 2 aromatic rings. The number of amides is 3. The maximum absolute atomic E-state index is 13.3. The number of nitrogens with one attached hydrogen (secondary N) is 2. The van der Waals surface area contributed by atoms with Gasteiger partial charge < -0.3 is 20.3 Å². The van der Waals surface area contributed by atoms with Crippen molar-refractivity contribution in [3.63, 3.8) is 0 Å². The highest BCUT2D eigenvalue weighted by atomic mass is 16.5. The molecule has 1 aliphatic heterocycles. The van der Waals surface area contributed by atoms with E-state index in [-0.39, 0.29) is 18.0 Å². The van der Waals surface area contributed by atoms with Crippen LogP contribution in [0.2, 0.25) is 0 Å². The number of piperazine rings is 1. The molecule has 1 aliphatic carbocycles. The summed E-state index contributed by atoms with van der Waals surface area (Å²) in [6.45, 7) is 3.17. The fourth-order valence-corrected chi connectivity index (χ4v) is 4.92. The van der Waals surface area contributed by atoms with Crippen LogP contribution in [0.4, 0.5) is 10.5 Å². The molecule has 176 valence electrons. The van der Waals surface area contributed by atoms with Gasteiger partial charge in [-0.25, -0.2) is 4.79 Å². The lowest BCUT2D eigenvalue weighted by Crippen LogP contribution is -2.58. The van der Waals surface area contributed by atoms with E-state index in [0.717, 1.165) is 29.8 Å². The summed E-state index contributed by atoms with van der Waals surface area (Å²) in [6.07, 6.45) is 4.58. The van der Waals surface area contributed by atoms with E-state index < -0.39 is 0 Å². The van der Waals surface area contributed by atoms with Gasteiger partial charge >= 0.3 is 6.03 Å². The van der Waals surface area contributed by atoms with Crippen LogP contribution in [0.1, 0.15) is 31.2 Å². The van der Waals surface area contributed by atoms with Crippen LogP contribution >= 0.6 is 0 Å². The fraction of sp³-hybridized carbons (Fsp3) is 0.462. The molecule has 2 N–H and O–H groups in total. The van der Waals surface area contributed by atoms with Gasteiger partial charge in [-0.15, -0.1) is 0 Å². The predicted molar refractivity (Wildman–Crippen MR) is 129 cm³/mol. The lowest BCUT2D eigenvalue weighted by molar-refractivity contribution is -0.129. The van der Waals surface area contributed by atoms with Gasteiger partial charge in [-0.3, -0.25) is 9.69 Å². The van der Waals surface area contributed by atoms with Crippen molar-refractivity contribution in [1.29, 1.82) is 0 Å². The minimum absolute atomic E-state index is 0.106. The Kier molecular flexibility index (Phi) is 7.83. The number of hydrogen-bond donors (Lipinski definition) is 2. The molecule has 2 aromatic carbocycles. The molecule has 0 unspecified atom stereocenters. The Labute approximate surface area is 196 Å². The Morgan fingerprint density at radius 1 is 0.970 bits per heavy atom. The zero-order valence-corrected chi connectivity index (χ0v) is 19.3. The van der Waals surface area contributed by atoms with E-state index in [4.69, 9.17) is 4.74 Å². The van der Waals surface area contributed by atoms with Crippen molar-refractivity contribution in [3.8, 4) is 5.75 Å². The molecule has 1 atom stereocenters. The second-order valence-corrected chi connectivity index (χ2v) is 8.87. The minimum atomic E-state index is -0.122. The summed E-state index contributed by atoms with van der Waals surface area (Å²) in [5.74, 6) is 1.26. The van der Waals surface area contributed by atoms with E-state index >= 15 is 0 Å². The van der Waals surface area contributed by atoms with Crippen LogP contribution in [0.5, 0.6) is 5.75 Å². The van der Waals surface area contributed by atoms with Gasteiger partial charge in [0.1, 0.15) is 5.75 Å². The summed E-state index contributed by atoms with van der Waals surface area (Å²) in [4.78, 5) is 30.1. The van der Waals surface area contributed by atoms with Gasteiger partial charge in [-0.05, 0) is 48.6 Å². The average molecular weight is 451 g/mol. The number of nitrogens with zero attached hydrogens (tertiary/aromatic N) is 2. The summed E-state index contributed by atoms with van der Waals surface area (Å²) >= 11 is 0. The molecule has 0 aromatic heterocycles. The van der Waals surface area contributed by atoms with Crippen molar-refractivity contribution in [2.75, 3.05) is 38.6 Å². The molecule has 33 heavy (non-hydrogen) atoms. The SMILES string of the molecule is COc1ccc(NC(=O)N2CCN([C@H](C(=O)NCc3ccccc3)C3CCCC3)CC2)cc1. The minimum Gasteiger partial charge on any atom is -0.497 e. The topological polar surface area (TPSA) is 73.9 Å². The van der Waals surface area contributed by atoms with Crippen molar-refractivity contribution in [2.45, 2.75) is 38.3 Å². The zero-order valence-electron chi connectivity index (χ0n) is 19.3. The van der Waals surface area contributed by atoms with E-state index in [1.807, 2.05) is 59.5 Å². The number of benzene rings is 2. The fourth-order valence-electron chi connectivity index (χ4n) is 4.92. The van der Waals surface area contributed by atoms with Gasteiger partial charge in [0.2, 0.25) is 5.91 Å². The molecule has 2 aliphatic rings. The first kappa shape index (κ1) is 23.1. The maximum Gasteiger partial charge on any atom is 0.321 e. The standard InChI is InChI=1S/C26H34N4O3/c1-33-23-13-11-22(12-14-23)28-26(32)30-17-15-29(16-18-30)24(21-9-5-6-10-21)25(31)27-19-20-7-3-2-4-8-20/h2-4,7-8,11-14,21,24H,5-6,9-10,15-19H2,1H3,(H,27,31)(H,28,32)/t24-/m0/s1. The third-order valence-corrected chi connectivity index (χ3v) is 6.76. The number of urea groups is 1. The first-order chi connectivity index (χ1) is 16.1. The van der Waals surface area contributed by atoms with Crippen LogP contribution in [0.15, 0.2) is 54.6 Å². The van der Waals surface area contributed by atoms with E-state index in [1.54, 1.807) is 7.11 Å². The molecule has 1 saturated heterocycles. The normalized spacial score (nSPS) is 18.0. The second-order valence-electron chi connectivity index (χ2n) is 8.87. The number of hydrogen-bond acceptors (Lipinski definition) is 4. The molecule has 0 bridgehead atoms. The van der Waals surface area contributed by atoms with Crippen molar-refractivity contribution < 1.29 is 14.3 Å². The van der Waals surface area contributed by atoms with E-state index in [1.165, 1.54) is 12.8 Å². The Morgan fingerprint density at radius 3 is 2.27 bits per heavy atom. The molecule has 1 heterocycles. The first-order valence-electron chi connectivity index (χ1n) is 11.9. The molecular formula is C26H34N4O3. The van der Waals surface area contributed by atoms with Crippen molar-refractivity contribution >= 4 is 17.6 Å². The molecule has 7 heteroatoms. The third-order valence-electron chi connectivity index (χ3n) is 6.76. The molecule has 0 spiro atoms. The number of methoxy groups -OCH3 is 1. The highest BCUT2D eigenvalue weighted by Gasteiger charge is 2.37. The Hall–Kier alpha value is -3.06. The van der Waals surface area contributed by atoms with E-state index in [9.17, 15) is 9.59 Å². The van der Waals surface area contributed by atoms with Gasteiger partial charge in [0, 0.05) is 38.4 Å². The Morgan fingerprint density at radius 2 is 1.64 bits per heavy atom. The van der Waals surface area contributed by atoms with Crippen molar-refractivity contribution in [3.05, 3.63) is 60.2 Å². The molecule has 2 fully saturated rings. The number of rotatable bonds is 7. The second kappa shape index (κ2) is 11.2. The highest BCUT2D eigenvalue weighted by molar-refractivity contribution is 5.89. The lowest BCUT2D eigenvalue weighted by atomic mass is 9.95. The molecule has 0 radical (unpaired) electrons. The van der Waals surface area contributed by atoms with Gasteiger partial charge in [-0.1, -0.05) is 43.2 Å². The number of ether oxygens (including phenoxy) is 1. The monoisotopic (exact) mass is 450 g/mol. The van der Waals surface area contributed by atoms with Crippen LogP contribution in [0.3, 0.4) is 0 Å². The van der Waals surface area contributed by atoms with Gasteiger partial charge in [-0.2, -0.15) is 0 Å². The average Bonchev–Trinajstić information content (AvgIpc) is 3.39. The Bertz CT molecular complexity index is 905. The highest BCUT2D eigenvalue weighted by Crippen LogP contribution is 2.31. The van der Waals surface area contributed by atoms with Gasteiger partial charge in [0.25, 0.3) is 0 Å². The third kappa shape index (κ3) is 6.05. The lowest BCUT2D eigenvalue weighted by Gasteiger charge is -2.40. The van der Waals surface area contributed by atoms with E-state index in [2.05, 4.69) is 15.5 Å². The number of carbonyl (C=O) groups excluding carboxylic acids is 2. The maximum atomic E-state index is 13.3. The molecule has 7 nitrogen and oxygen atoms in total. The van der Waals surface area contributed by atoms with Crippen LogP contribution in [0, 0.1) is 5.92 Å². The summed E-state index contributed by atoms with van der Waals surface area (Å²) in [7, 11) is 1.62. The molecule has 3 amide bonds. The summed E-state index contributed by atoms with van der Waals surface area (Å²) < 4.78 is 5.17. The molecular weight excluding hydrogens is 416 g/mol. The molecule has 1 saturated carbocycles. The van der Waals surface area contributed by atoms with Crippen LogP contribution in [-0.4, -0.2) is 61.1 Å². The Balaban J connectivity index is 1.33. The smallest absolute Gasteiger partial charge is 0.321 e. The van der Waals surface area contributed by atoms with E-state index in [0.29, 0.717) is 38.6 Å². The summed E-state index contributed by atoms with van der Waals surface area (Å²) in [5, 5.41) is 6.12. The number of anilines is 1. The van der Waals surface area contributed by atoms with Gasteiger partial charge in [0.05, 0.1) is 13.2 Å². The van der Waals surface area contributed by atoms with Crippen LogP contribution < -0.4 is 15.4 Å². The number of carbonyl (C=O) groups is 2. The van der Waals surface area contributed by atoms with Crippen molar-refractivity contribution in [2.24, 2.45) is 5.92 Å². The zero-order chi connectivity index (χ0) is 23.0. The summed E-state index contributed by atoms with van der Waals surface area (Å²) in [5.41, 5.74) is 1.85. The largest absolute Gasteiger partial charge is 0.497 e. The quantitative estimate of drug-likeness (QED) is 0.674.